The summed E-state index contributed by atoms with van der Waals surface area (Å²) in [5.41, 5.74) is -3.06. The molecule has 23 heavy (non-hydrogen) atoms. The first-order valence-corrected chi connectivity index (χ1v) is 6.25. The van der Waals surface area contributed by atoms with Gasteiger partial charge in [-0.3, -0.25) is 4.79 Å². The Hall–Kier alpha value is -2.51. The number of rotatable bonds is 2. The Bertz CT molecular complexity index is 693. The normalized spacial score (nSPS) is 12.1. The predicted molar refractivity (Wildman–Crippen MR) is 70.8 cm³/mol. The quantitative estimate of drug-likeness (QED) is 0.567. The standard InChI is InChI=1S/C15H9F6NO/c16-14(17,18)12-9-5-4-8-11(12)13(23)22(15(19,20)21)10-6-2-1-3-7-10/h1-9H. The molecule has 0 aromatic heterocycles. The number of para-hydroxylation sites is 1. The smallest absolute Gasteiger partial charge is 0.268 e. The highest BCUT2D eigenvalue weighted by Crippen LogP contribution is 2.35. The van der Waals surface area contributed by atoms with Gasteiger partial charge in [-0.25, -0.2) is 4.90 Å². The van der Waals surface area contributed by atoms with Crippen LogP contribution in [0.3, 0.4) is 0 Å². The molecule has 0 heterocycles. The minimum atomic E-state index is -5.17. The predicted octanol–water partition coefficient (Wildman–Crippen LogP) is 4.87. The van der Waals surface area contributed by atoms with Gasteiger partial charge in [0.05, 0.1) is 16.8 Å². The van der Waals surface area contributed by atoms with Gasteiger partial charge in [0, 0.05) is 0 Å². The summed E-state index contributed by atoms with van der Waals surface area (Å²) in [6.07, 6.45) is -10.1. The summed E-state index contributed by atoms with van der Waals surface area (Å²) >= 11 is 0. The average molecular weight is 333 g/mol. The molecular weight excluding hydrogens is 324 g/mol. The number of carbonyl (C=O) groups excluding carboxylic acids is 1. The number of amides is 1. The molecule has 0 aliphatic carbocycles. The molecule has 2 aromatic rings. The number of carbonyl (C=O) groups is 1. The Morgan fingerprint density at radius 3 is 1.83 bits per heavy atom. The highest BCUT2D eigenvalue weighted by molar-refractivity contribution is 6.07. The molecule has 2 aromatic carbocycles. The van der Waals surface area contributed by atoms with Crippen molar-refractivity contribution in [2.45, 2.75) is 12.5 Å². The van der Waals surface area contributed by atoms with Crippen molar-refractivity contribution in [1.29, 1.82) is 0 Å². The molecule has 2 nitrogen and oxygen atoms in total. The van der Waals surface area contributed by atoms with Gasteiger partial charge in [-0.15, -0.1) is 13.2 Å². The molecule has 0 aliphatic heterocycles. The molecular formula is C15H9F6NO. The van der Waals surface area contributed by atoms with Gasteiger partial charge < -0.3 is 0 Å². The second-order valence-corrected chi connectivity index (χ2v) is 4.49. The first-order chi connectivity index (χ1) is 10.6. The molecule has 0 N–H and O–H groups in total. The lowest BCUT2D eigenvalue weighted by Gasteiger charge is -2.26. The van der Waals surface area contributed by atoms with Gasteiger partial charge >= 0.3 is 12.5 Å². The fourth-order valence-electron chi connectivity index (χ4n) is 1.99. The van der Waals surface area contributed by atoms with Gasteiger partial charge in [0.25, 0.3) is 5.91 Å². The van der Waals surface area contributed by atoms with Crippen LogP contribution in [0.2, 0.25) is 0 Å². The minimum Gasteiger partial charge on any atom is -0.268 e. The lowest BCUT2D eigenvalue weighted by Crippen LogP contribution is -2.43. The van der Waals surface area contributed by atoms with Crippen LogP contribution in [-0.4, -0.2) is 12.2 Å². The van der Waals surface area contributed by atoms with Gasteiger partial charge in [-0.2, -0.15) is 13.2 Å². The van der Waals surface area contributed by atoms with Crippen LogP contribution in [0.15, 0.2) is 54.6 Å². The molecule has 1 amide bonds. The van der Waals surface area contributed by atoms with Crippen LogP contribution in [0, 0.1) is 0 Å². The van der Waals surface area contributed by atoms with E-state index in [1.165, 1.54) is 18.2 Å². The van der Waals surface area contributed by atoms with E-state index in [-0.39, 0.29) is 0 Å². The maximum Gasteiger partial charge on any atom is 0.491 e. The number of hydrogen-bond donors (Lipinski definition) is 0. The van der Waals surface area contributed by atoms with Gasteiger partial charge in [0.2, 0.25) is 0 Å². The lowest BCUT2D eigenvalue weighted by molar-refractivity contribution is -0.138. The first-order valence-electron chi connectivity index (χ1n) is 6.25. The van der Waals surface area contributed by atoms with E-state index in [4.69, 9.17) is 0 Å². The van der Waals surface area contributed by atoms with E-state index in [1.54, 1.807) is 0 Å². The van der Waals surface area contributed by atoms with Gasteiger partial charge in [-0.05, 0) is 24.3 Å². The molecule has 0 unspecified atom stereocenters. The number of halogens is 6. The van der Waals surface area contributed by atoms with E-state index < -0.39 is 40.1 Å². The van der Waals surface area contributed by atoms with Gasteiger partial charge in [-0.1, -0.05) is 30.3 Å². The summed E-state index contributed by atoms with van der Waals surface area (Å²) in [4.78, 5) is 11.6. The summed E-state index contributed by atoms with van der Waals surface area (Å²) < 4.78 is 78.3. The Kier molecular flexibility index (Phi) is 4.35. The Balaban J connectivity index is 2.57. The molecule has 0 fully saturated rings. The summed E-state index contributed by atoms with van der Waals surface area (Å²) in [7, 11) is 0. The molecule has 8 heteroatoms. The van der Waals surface area contributed by atoms with E-state index in [0.29, 0.717) is 12.1 Å². The zero-order chi connectivity index (χ0) is 17.3. The van der Waals surface area contributed by atoms with Crippen LogP contribution in [0.25, 0.3) is 0 Å². The fourth-order valence-corrected chi connectivity index (χ4v) is 1.99. The van der Waals surface area contributed by atoms with Crippen molar-refractivity contribution in [2.24, 2.45) is 0 Å². The van der Waals surface area contributed by atoms with E-state index >= 15 is 0 Å². The largest absolute Gasteiger partial charge is 0.491 e. The molecule has 0 bridgehead atoms. The van der Waals surface area contributed by atoms with E-state index in [9.17, 15) is 31.1 Å². The SMILES string of the molecule is O=C(c1ccccc1C(F)(F)F)N(c1ccccc1)C(F)(F)F. The van der Waals surface area contributed by atoms with Gasteiger partial charge in [0.15, 0.2) is 0 Å². The summed E-state index contributed by atoms with van der Waals surface area (Å²) in [5.74, 6) is -1.79. The zero-order valence-electron chi connectivity index (χ0n) is 11.3. The van der Waals surface area contributed by atoms with Crippen LogP contribution in [-0.2, 0) is 6.18 Å². The first kappa shape index (κ1) is 16.9. The Morgan fingerprint density at radius 1 is 0.783 bits per heavy atom. The molecule has 0 saturated heterocycles. The van der Waals surface area contributed by atoms with Crippen LogP contribution < -0.4 is 4.90 Å². The highest BCUT2D eigenvalue weighted by atomic mass is 19.4. The van der Waals surface area contributed by atoms with Crippen molar-refractivity contribution < 1.29 is 31.1 Å². The topological polar surface area (TPSA) is 20.3 Å². The molecule has 0 saturated carbocycles. The van der Waals surface area contributed by atoms with Crippen molar-refractivity contribution in [3.05, 3.63) is 65.7 Å². The number of anilines is 1. The van der Waals surface area contributed by atoms with Crippen molar-refractivity contribution in [2.75, 3.05) is 4.90 Å². The zero-order valence-corrected chi connectivity index (χ0v) is 11.3. The molecule has 122 valence electrons. The maximum atomic E-state index is 13.2. The second-order valence-electron chi connectivity index (χ2n) is 4.49. The van der Waals surface area contributed by atoms with Crippen molar-refractivity contribution in [1.82, 2.24) is 0 Å². The molecule has 2 rings (SSSR count). The summed E-state index contributed by atoms with van der Waals surface area (Å²) in [6.45, 7) is 0. The fraction of sp³-hybridized carbons (Fsp3) is 0.133. The summed E-state index contributed by atoms with van der Waals surface area (Å²) in [6, 6.07) is 9.24. The number of alkyl halides is 6. The third-order valence-electron chi connectivity index (χ3n) is 2.93. The average Bonchev–Trinajstić information content (AvgIpc) is 2.46. The Morgan fingerprint density at radius 2 is 1.30 bits per heavy atom. The van der Waals surface area contributed by atoms with Crippen LogP contribution in [0.4, 0.5) is 32.0 Å². The van der Waals surface area contributed by atoms with Crippen LogP contribution in [0.1, 0.15) is 15.9 Å². The van der Waals surface area contributed by atoms with Crippen molar-refractivity contribution in [3.8, 4) is 0 Å². The maximum absolute atomic E-state index is 13.2. The molecule has 0 spiro atoms. The third kappa shape index (κ3) is 3.64. The number of hydrogen-bond acceptors (Lipinski definition) is 1. The third-order valence-corrected chi connectivity index (χ3v) is 2.93. The Labute approximate surface area is 126 Å². The lowest BCUT2D eigenvalue weighted by atomic mass is 10.1. The monoisotopic (exact) mass is 333 g/mol. The van der Waals surface area contributed by atoms with E-state index in [0.717, 1.165) is 24.3 Å². The molecule has 0 aliphatic rings. The van der Waals surface area contributed by atoms with Gasteiger partial charge in [0.1, 0.15) is 0 Å². The van der Waals surface area contributed by atoms with Crippen LogP contribution >= 0.6 is 0 Å². The second kappa shape index (κ2) is 5.94. The van der Waals surface area contributed by atoms with Crippen LogP contribution in [0.5, 0.6) is 0 Å². The van der Waals surface area contributed by atoms with E-state index in [2.05, 4.69) is 0 Å². The number of benzene rings is 2. The van der Waals surface area contributed by atoms with E-state index in [1.807, 2.05) is 0 Å². The molecule has 0 atom stereocenters. The highest BCUT2D eigenvalue weighted by Gasteiger charge is 2.45. The molecule has 0 radical (unpaired) electrons. The van der Waals surface area contributed by atoms with Crippen molar-refractivity contribution in [3.63, 3.8) is 0 Å². The summed E-state index contributed by atoms with van der Waals surface area (Å²) in [5, 5.41) is 0. The van der Waals surface area contributed by atoms with Crippen molar-refractivity contribution >= 4 is 11.6 Å². The number of nitrogens with zero attached hydrogens (tertiary/aromatic N) is 1. The minimum absolute atomic E-state index is 0.562.